The number of hydrogen-bond acceptors (Lipinski definition) is 6. The van der Waals surface area contributed by atoms with Gasteiger partial charge in [0.1, 0.15) is 5.25 Å². The van der Waals surface area contributed by atoms with Gasteiger partial charge in [-0.05, 0) is 49.1 Å². The molecular weight excluding hydrogens is 450 g/mol. The van der Waals surface area contributed by atoms with Crippen LogP contribution in [-0.2, 0) is 20.9 Å². The summed E-state index contributed by atoms with van der Waals surface area (Å²) in [7, 11) is 0. The molecule has 2 N–H and O–H groups in total. The minimum absolute atomic E-state index is 0.0242. The van der Waals surface area contributed by atoms with Gasteiger partial charge in [0.2, 0.25) is 11.8 Å². The van der Waals surface area contributed by atoms with E-state index < -0.39 is 11.2 Å². The Balaban J connectivity index is 1.59. The fourth-order valence-corrected chi connectivity index (χ4v) is 5.31. The number of hydrogen-bond donors (Lipinski definition) is 2. The van der Waals surface area contributed by atoms with Crippen LogP contribution in [0.2, 0.25) is 0 Å². The van der Waals surface area contributed by atoms with Crippen molar-refractivity contribution in [1.29, 1.82) is 5.41 Å². The Morgan fingerprint density at radius 1 is 1.12 bits per heavy atom. The molecule has 1 aliphatic carbocycles. The maximum absolute atomic E-state index is 13.6. The van der Waals surface area contributed by atoms with Crippen molar-refractivity contribution in [3.8, 4) is 0 Å². The highest BCUT2D eigenvalue weighted by molar-refractivity contribution is 8.15. The van der Waals surface area contributed by atoms with Gasteiger partial charge in [-0.2, -0.15) is 0 Å². The highest BCUT2D eigenvalue weighted by Crippen LogP contribution is 2.34. The zero-order valence-electron chi connectivity index (χ0n) is 19.2. The molecule has 1 unspecified atom stereocenters. The summed E-state index contributed by atoms with van der Waals surface area (Å²) >= 11 is 1.19. The summed E-state index contributed by atoms with van der Waals surface area (Å²) in [6, 6.07) is 14.6. The van der Waals surface area contributed by atoms with Crippen molar-refractivity contribution >= 4 is 40.4 Å². The quantitative estimate of drug-likeness (QED) is 0.555. The van der Waals surface area contributed by atoms with Crippen LogP contribution in [0.25, 0.3) is 0 Å². The molecular formula is C26H29N3O4S. The number of nitrogens with zero attached hydrogens (tertiary/aromatic N) is 1. The van der Waals surface area contributed by atoms with Crippen LogP contribution in [-0.4, -0.2) is 29.6 Å². The molecule has 2 aliphatic rings. The van der Waals surface area contributed by atoms with E-state index in [1.165, 1.54) is 11.8 Å². The van der Waals surface area contributed by atoms with Crippen LogP contribution >= 0.6 is 11.8 Å². The number of rotatable bonds is 7. The third-order valence-corrected chi connectivity index (χ3v) is 7.28. The van der Waals surface area contributed by atoms with E-state index in [1.54, 1.807) is 30.0 Å². The minimum Gasteiger partial charge on any atom is -0.462 e. The lowest BCUT2D eigenvalue weighted by Gasteiger charge is -2.30. The van der Waals surface area contributed by atoms with Crippen molar-refractivity contribution in [2.75, 3.05) is 11.5 Å². The maximum atomic E-state index is 13.6. The van der Waals surface area contributed by atoms with Gasteiger partial charge in [0.15, 0.2) is 5.17 Å². The number of amides is 2. The Morgan fingerprint density at radius 2 is 1.85 bits per heavy atom. The molecule has 2 aromatic carbocycles. The van der Waals surface area contributed by atoms with Crippen LogP contribution in [0.5, 0.6) is 0 Å². The first-order chi connectivity index (χ1) is 16.5. The zero-order valence-corrected chi connectivity index (χ0v) is 20.0. The molecule has 4 rings (SSSR count). The zero-order chi connectivity index (χ0) is 24.1. The number of benzene rings is 2. The molecule has 1 saturated heterocycles. The van der Waals surface area contributed by atoms with Gasteiger partial charge in [-0.25, -0.2) is 4.79 Å². The lowest BCUT2D eigenvalue weighted by molar-refractivity contribution is -0.123. The second-order valence-corrected chi connectivity index (χ2v) is 9.70. The minimum atomic E-state index is -0.428. The average molecular weight is 480 g/mol. The van der Waals surface area contributed by atoms with E-state index in [4.69, 9.17) is 10.1 Å². The van der Waals surface area contributed by atoms with E-state index in [0.29, 0.717) is 17.8 Å². The SMILES string of the molecule is CCOC(=O)c1cccc(N(Cc2ccc(C3SC(=N)NC3=O)cc2)C(=O)C2CCCCC2)c1. The lowest BCUT2D eigenvalue weighted by atomic mass is 9.88. The van der Waals surface area contributed by atoms with Crippen LogP contribution < -0.4 is 10.2 Å². The highest BCUT2D eigenvalue weighted by atomic mass is 32.2. The predicted molar refractivity (Wildman–Crippen MR) is 133 cm³/mol. The van der Waals surface area contributed by atoms with E-state index in [2.05, 4.69) is 5.32 Å². The molecule has 34 heavy (non-hydrogen) atoms. The van der Waals surface area contributed by atoms with Gasteiger partial charge in [-0.1, -0.05) is 61.4 Å². The molecule has 8 heteroatoms. The molecule has 7 nitrogen and oxygen atoms in total. The molecule has 0 radical (unpaired) electrons. The topological polar surface area (TPSA) is 99.6 Å². The van der Waals surface area contributed by atoms with Gasteiger partial charge < -0.3 is 15.0 Å². The summed E-state index contributed by atoms with van der Waals surface area (Å²) in [5, 5.41) is 9.92. The van der Waals surface area contributed by atoms with Crippen molar-refractivity contribution in [3.05, 3.63) is 65.2 Å². The van der Waals surface area contributed by atoms with Gasteiger partial charge in [0.05, 0.1) is 18.7 Å². The van der Waals surface area contributed by atoms with E-state index in [0.717, 1.165) is 43.2 Å². The van der Waals surface area contributed by atoms with Crippen molar-refractivity contribution in [2.24, 2.45) is 5.92 Å². The van der Waals surface area contributed by atoms with Gasteiger partial charge in [0, 0.05) is 11.6 Å². The van der Waals surface area contributed by atoms with Crippen LogP contribution in [0.1, 0.15) is 65.8 Å². The van der Waals surface area contributed by atoms with E-state index >= 15 is 0 Å². The lowest BCUT2D eigenvalue weighted by Crippen LogP contribution is -2.36. The second-order valence-electron chi connectivity index (χ2n) is 8.59. The van der Waals surface area contributed by atoms with E-state index in [9.17, 15) is 14.4 Å². The molecule has 1 aliphatic heterocycles. The summed E-state index contributed by atoms with van der Waals surface area (Å²) in [5.74, 6) is -0.544. The van der Waals surface area contributed by atoms with Crippen molar-refractivity contribution < 1.29 is 19.1 Å². The Morgan fingerprint density at radius 3 is 2.50 bits per heavy atom. The summed E-state index contributed by atoms with van der Waals surface area (Å²) in [5.41, 5.74) is 2.84. The third-order valence-electron chi connectivity index (χ3n) is 6.22. The number of ether oxygens (including phenoxy) is 1. The van der Waals surface area contributed by atoms with Crippen LogP contribution in [0.15, 0.2) is 48.5 Å². The Hall–Kier alpha value is -3.13. The highest BCUT2D eigenvalue weighted by Gasteiger charge is 2.31. The first-order valence-corrected chi connectivity index (χ1v) is 12.6. The number of carbonyl (C=O) groups excluding carboxylic acids is 3. The van der Waals surface area contributed by atoms with E-state index in [1.807, 2.05) is 30.3 Å². The summed E-state index contributed by atoms with van der Waals surface area (Å²) < 4.78 is 5.14. The number of amidine groups is 1. The summed E-state index contributed by atoms with van der Waals surface area (Å²) in [4.78, 5) is 39.7. The molecule has 0 aromatic heterocycles. The summed E-state index contributed by atoms with van der Waals surface area (Å²) in [6.07, 6.45) is 5.03. The largest absolute Gasteiger partial charge is 0.462 e. The van der Waals surface area contributed by atoms with Gasteiger partial charge in [-0.3, -0.25) is 15.0 Å². The third kappa shape index (κ3) is 5.50. The smallest absolute Gasteiger partial charge is 0.338 e. The van der Waals surface area contributed by atoms with Gasteiger partial charge >= 0.3 is 5.97 Å². The number of thioether (sulfide) groups is 1. The molecule has 0 bridgehead atoms. The second kappa shape index (κ2) is 10.9. The van der Waals surface area contributed by atoms with Crippen molar-refractivity contribution in [2.45, 2.75) is 50.8 Å². The Kier molecular flexibility index (Phi) is 7.67. The molecule has 1 heterocycles. The maximum Gasteiger partial charge on any atom is 0.338 e. The molecule has 178 valence electrons. The number of anilines is 1. The molecule has 2 amide bonds. The average Bonchev–Trinajstić information content (AvgIpc) is 3.21. The number of carbonyl (C=O) groups is 3. The van der Waals surface area contributed by atoms with Crippen LogP contribution in [0, 0.1) is 11.3 Å². The fourth-order valence-electron chi connectivity index (χ4n) is 4.46. The number of nitrogens with one attached hydrogen (secondary N) is 2. The molecule has 0 spiro atoms. The first kappa shape index (κ1) is 24.0. The molecule has 1 saturated carbocycles. The van der Waals surface area contributed by atoms with Crippen molar-refractivity contribution in [1.82, 2.24) is 5.32 Å². The molecule has 1 atom stereocenters. The first-order valence-electron chi connectivity index (χ1n) is 11.7. The van der Waals surface area contributed by atoms with Crippen molar-refractivity contribution in [3.63, 3.8) is 0 Å². The number of esters is 1. The Bertz CT molecular complexity index is 1080. The summed E-state index contributed by atoms with van der Waals surface area (Å²) in [6.45, 7) is 2.42. The monoisotopic (exact) mass is 479 g/mol. The standard InChI is InChI=1S/C26H29N3O4S/c1-2-33-25(32)20-9-6-10-21(15-20)29(24(31)19-7-4-3-5-8-19)16-17-11-13-18(14-12-17)22-23(30)28-26(27)34-22/h6,9-15,19,22H,2-5,7-8,16H2,1H3,(H2,27,28,30). The predicted octanol–water partition coefficient (Wildman–Crippen LogP) is 4.82. The normalized spacial score (nSPS) is 18.4. The molecule has 2 fully saturated rings. The Labute approximate surface area is 203 Å². The molecule has 2 aromatic rings. The van der Waals surface area contributed by atoms with Gasteiger partial charge in [0.25, 0.3) is 0 Å². The van der Waals surface area contributed by atoms with Gasteiger partial charge in [-0.15, -0.1) is 0 Å². The van der Waals surface area contributed by atoms with Crippen LogP contribution in [0.4, 0.5) is 5.69 Å². The fraction of sp³-hybridized carbons (Fsp3) is 0.385. The van der Waals surface area contributed by atoms with Crippen LogP contribution in [0.3, 0.4) is 0 Å². The van der Waals surface area contributed by atoms with E-state index in [-0.39, 0.29) is 29.5 Å².